The zero-order valence-electron chi connectivity index (χ0n) is 16.5. The summed E-state index contributed by atoms with van der Waals surface area (Å²) in [6, 6.07) is 12.0. The highest BCUT2D eigenvalue weighted by Gasteiger charge is 2.20. The molecule has 1 nitrogen and oxygen atoms in total. The Morgan fingerprint density at radius 1 is 0.828 bits per heavy atom. The van der Waals surface area contributed by atoms with E-state index in [0.29, 0.717) is 5.56 Å². The number of ether oxygens (including phenoxy) is 1. The van der Waals surface area contributed by atoms with E-state index in [1.807, 2.05) is 25.1 Å². The van der Waals surface area contributed by atoms with Gasteiger partial charge in [-0.2, -0.15) is 4.39 Å². The van der Waals surface area contributed by atoms with Crippen LogP contribution in [0, 0.1) is 17.5 Å². The quantitative estimate of drug-likeness (QED) is 0.378. The predicted octanol–water partition coefficient (Wildman–Crippen LogP) is 7.39. The van der Waals surface area contributed by atoms with Crippen molar-refractivity contribution in [1.29, 1.82) is 0 Å². The van der Waals surface area contributed by atoms with Crippen molar-refractivity contribution in [3.05, 3.63) is 89.8 Å². The van der Waals surface area contributed by atoms with E-state index in [2.05, 4.69) is 6.08 Å². The van der Waals surface area contributed by atoms with E-state index in [9.17, 15) is 8.78 Å². The molecule has 3 aromatic carbocycles. The minimum Gasteiger partial charge on any atom is -0.486 e. The van der Waals surface area contributed by atoms with E-state index in [1.165, 1.54) is 6.07 Å². The molecular formula is C25H23F3O. The Balaban J connectivity index is 1.97. The highest BCUT2D eigenvalue weighted by molar-refractivity contribution is 5.90. The molecule has 3 rings (SSSR count). The number of hydrogen-bond donors (Lipinski definition) is 0. The third kappa shape index (κ3) is 4.53. The second-order valence-electron chi connectivity index (χ2n) is 6.71. The second-order valence-corrected chi connectivity index (χ2v) is 6.71. The summed E-state index contributed by atoms with van der Waals surface area (Å²) in [5.74, 6) is -3.43. The van der Waals surface area contributed by atoms with E-state index in [0.717, 1.165) is 18.4 Å². The molecule has 0 aromatic heterocycles. The highest BCUT2D eigenvalue weighted by Crippen LogP contribution is 2.35. The molecular weight excluding hydrogens is 373 g/mol. The van der Waals surface area contributed by atoms with E-state index in [4.69, 9.17) is 4.74 Å². The van der Waals surface area contributed by atoms with Gasteiger partial charge in [-0.25, -0.2) is 8.78 Å². The van der Waals surface area contributed by atoms with Crippen LogP contribution in [-0.4, -0.2) is 6.61 Å². The summed E-state index contributed by atoms with van der Waals surface area (Å²) < 4.78 is 49.4. The van der Waals surface area contributed by atoms with Gasteiger partial charge in [-0.3, -0.25) is 0 Å². The first-order valence-corrected chi connectivity index (χ1v) is 9.61. The molecule has 29 heavy (non-hydrogen) atoms. The first-order valence-electron chi connectivity index (χ1n) is 9.61. The van der Waals surface area contributed by atoms with Crippen LogP contribution in [0.4, 0.5) is 13.2 Å². The Morgan fingerprint density at radius 3 is 2.24 bits per heavy atom. The summed E-state index contributed by atoms with van der Waals surface area (Å²) in [5.41, 5.74) is 1.99. The van der Waals surface area contributed by atoms with Crippen LogP contribution in [0.5, 0.6) is 5.75 Å². The smallest absolute Gasteiger partial charge is 0.201 e. The number of halogens is 3. The highest BCUT2D eigenvalue weighted by atomic mass is 19.2. The van der Waals surface area contributed by atoms with E-state index < -0.39 is 17.5 Å². The Labute approximate surface area is 169 Å². The molecule has 0 saturated carbocycles. The number of allylic oxidation sites excluding steroid dienone is 3. The van der Waals surface area contributed by atoms with Crippen molar-refractivity contribution >= 4 is 10.8 Å². The van der Waals surface area contributed by atoms with E-state index in [1.54, 1.807) is 43.3 Å². The fourth-order valence-electron chi connectivity index (χ4n) is 3.19. The first-order chi connectivity index (χ1) is 14.1. The van der Waals surface area contributed by atoms with Gasteiger partial charge in [0.2, 0.25) is 5.82 Å². The van der Waals surface area contributed by atoms with Gasteiger partial charge in [0.25, 0.3) is 0 Å². The lowest BCUT2D eigenvalue weighted by Crippen LogP contribution is -2.00. The number of rotatable bonds is 7. The average molecular weight is 396 g/mol. The maximum absolute atomic E-state index is 15.1. The minimum atomic E-state index is -1.24. The Bertz CT molecular complexity index is 1050. The minimum absolute atomic E-state index is 0.110. The molecule has 0 amide bonds. The van der Waals surface area contributed by atoms with Gasteiger partial charge < -0.3 is 4.74 Å². The third-order valence-electron chi connectivity index (χ3n) is 4.76. The van der Waals surface area contributed by atoms with Crippen LogP contribution in [0.15, 0.2) is 66.8 Å². The van der Waals surface area contributed by atoms with E-state index in [-0.39, 0.29) is 28.7 Å². The molecule has 150 valence electrons. The van der Waals surface area contributed by atoms with Crippen molar-refractivity contribution in [2.75, 3.05) is 6.61 Å². The fourth-order valence-corrected chi connectivity index (χ4v) is 3.19. The van der Waals surface area contributed by atoms with Crippen LogP contribution >= 0.6 is 0 Å². The van der Waals surface area contributed by atoms with Gasteiger partial charge in [-0.1, -0.05) is 60.7 Å². The Morgan fingerprint density at radius 2 is 1.55 bits per heavy atom. The number of hydrogen-bond acceptors (Lipinski definition) is 1. The summed E-state index contributed by atoms with van der Waals surface area (Å²) in [7, 11) is 0. The topological polar surface area (TPSA) is 9.23 Å². The summed E-state index contributed by atoms with van der Waals surface area (Å²) in [6.45, 7) is 3.89. The standard InChI is InChI=1S/C25H23F3O/c1-3-5-7-8-17-9-11-18(12-10-17)20-14-13-19-16-21(29-15-6-4-2)24(27)25(28)22(19)23(20)26/h3-6,9-14,16H,7-8,15H2,1-2H3/b5-3+,6-4?. The van der Waals surface area contributed by atoms with Gasteiger partial charge in [0, 0.05) is 5.56 Å². The van der Waals surface area contributed by atoms with E-state index >= 15 is 4.39 Å². The Hall–Kier alpha value is -3.01. The third-order valence-corrected chi connectivity index (χ3v) is 4.76. The fraction of sp³-hybridized carbons (Fsp3) is 0.200. The molecule has 0 N–H and O–H groups in total. The summed E-state index contributed by atoms with van der Waals surface area (Å²) in [5, 5.41) is -0.112. The van der Waals surface area contributed by atoms with Gasteiger partial charge in [0.1, 0.15) is 12.4 Å². The molecule has 0 radical (unpaired) electrons. The van der Waals surface area contributed by atoms with Crippen molar-refractivity contribution in [1.82, 2.24) is 0 Å². The predicted molar refractivity (Wildman–Crippen MR) is 113 cm³/mol. The lowest BCUT2D eigenvalue weighted by molar-refractivity contribution is 0.334. The lowest BCUT2D eigenvalue weighted by Gasteiger charge is -2.12. The maximum Gasteiger partial charge on any atom is 0.201 e. The van der Waals surface area contributed by atoms with Crippen LogP contribution in [-0.2, 0) is 6.42 Å². The maximum atomic E-state index is 15.1. The lowest BCUT2D eigenvalue weighted by atomic mass is 9.98. The summed E-state index contributed by atoms with van der Waals surface area (Å²) in [6.07, 6.45) is 9.33. The van der Waals surface area contributed by atoms with Crippen LogP contribution < -0.4 is 4.74 Å². The van der Waals surface area contributed by atoms with Crippen molar-refractivity contribution in [3.8, 4) is 16.9 Å². The largest absolute Gasteiger partial charge is 0.486 e. The van der Waals surface area contributed by atoms with Gasteiger partial charge in [-0.15, -0.1) is 0 Å². The van der Waals surface area contributed by atoms with Crippen LogP contribution in [0.25, 0.3) is 21.9 Å². The zero-order chi connectivity index (χ0) is 20.8. The van der Waals surface area contributed by atoms with Crippen molar-refractivity contribution in [2.45, 2.75) is 26.7 Å². The molecule has 0 atom stereocenters. The summed E-state index contributed by atoms with van der Waals surface area (Å²) in [4.78, 5) is 0. The molecule has 0 unspecified atom stereocenters. The normalized spacial score (nSPS) is 11.8. The monoisotopic (exact) mass is 396 g/mol. The number of fused-ring (bicyclic) bond motifs is 1. The molecule has 3 aromatic rings. The van der Waals surface area contributed by atoms with Crippen LogP contribution in [0.1, 0.15) is 25.8 Å². The van der Waals surface area contributed by atoms with Crippen molar-refractivity contribution in [3.63, 3.8) is 0 Å². The van der Waals surface area contributed by atoms with Crippen LogP contribution in [0.3, 0.4) is 0 Å². The molecule has 0 aliphatic heterocycles. The Kier molecular flexibility index (Phi) is 6.76. The second kappa shape index (κ2) is 9.46. The van der Waals surface area contributed by atoms with Gasteiger partial charge in [0.15, 0.2) is 11.6 Å². The molecule has 4 heteroatoms. The van der Waals surface area contributed by atoms with Crippen molar-refractivity contribution in [2.24, 2.45) is 0 Å². The van der Waals surface area contributed by atoms with Crippen molar-refractivity contribution < 1.29 is 17.9 Å². The molecule has 0 aliphatic rings. The van der Waals surface area contributed by atoms with Crippen LogP contribution in [0.2, 0.25) is 0 Å². The van der Waals surface area contributed by atoms with Gasteiger partial charge in [-0.05, 0) is 49.3 Å². The zero-order valence-corrected chi connectivity index (χ0v) is 16.5. The SMILES string of the molecule is CC=CCOc1cc2ccc(-c3ccc(CC/C=C/C)cc3)c(F)c2c(F)c1F. The molecule has 0 aliphatic carbocycles. The molecule has 0 heterocycles. The summed E-state index contributed by atoms with van der Waals surface area (Å²) >= 11 is 0. The molecule has 0 fully saturated rings. The first kappa shape index (κ1) is 20.7. The number of aryl methyl sites for hydroxylation is 1. The van der Waals surface area contributed by atoms with Gasteiger partial charge in [0.05, 0.1) is 5.39 Å². The molecule has 0 saturated heterocycles. The number of benzene rings is 3. The molecule has 0 spiro atoms. The van der Waals surface area contributed by atoms with Gasteiger partial charge >= 0.3 is 0 Å². The average Bonchev–Trinajstić information content (AvgIpc) is 2.72. The molecule has 0 bridgehead atoms.